The molecule has 3 rings (SSSR count). The van der Waals surface area contributed by atoms with Crippen molar-refractivity contribution in [2.45, 2.75) is 25.7 Å². The minimum Gasteiger partial charge on any atom is -0.476 e. The Morgan fingerprint density at radius 3 is 2.85 bits per heavy atom. The minimum atomic E-state index is -1.03. The van der Waals surface area contributed by atoms with E-state index < -0.39 is 5.97 Å². The van der Waals surface area contributed by atoms with Crippen molar-refractivity contribution in [2.75, 3.05) is 0 Å². The van der Waals surface area contributed by atoms with E-state index in [0.717, 1.165) is 24.0 Å². The van der Waals surface area contributed by atoms with Crippen LogP contribution in [0, 0.1) is 18.3 Å². The largest absolute Gasteiger partial charge is 0.476 e. The lowest BCUT2D eigenvalue weighted by atomic mass is 10.00. The highest BCUT2D eigenvalue weighted by atomic mass is 32.1. The summed E-state index contributed by atoms with van der Waals surface area (Å²) in [5.74, 6) is -0.532. The van der Waals surface area contributed by atoms with Gasteiger partial charge in [0, 0.05) is 0 Å². The van der Waals surface area contributed by atoms with Gasteiger partial charge in [0.2, 0.25) is 0 Å². The second kappa shape index (κ2) is 4.73. The second-order valence-corrected chi connectivity index (χ2v) is 6.11. The maximum absolute atomic E-state index is 11.2. The van der Waals surface area contributed by atoms with Crippen LogP contribution in [0.25, 0.3) is 10.4 Å². The number of rotatable bonds is 3. The van der Waals surface area contributed by atoms with Gasteiger partial charge in [-0.2, -0.15) is 5.26 Å². The number of aromatic carboxylic acids is 1. The molecular weight excluding hydrogens is 272 g/mol. The number of nitriles is 1. The Kier molecular flexibility index (Phi) is 3.03. The Bertz CT molecular complexity index is 739. The summed E-state index contributed by atoms with van der Waals surface area (Å²) in [6, 6.07) is 7.85. The summed E-state index contributed by atoms with van der Waals surface area (Å²) < 4.78 is 0. The number of carboxylic acid groups (broad SMARTS) is 1. The van der Waals surface area contributed by atoms with Gasteiger partial charge in [-0.05, 0) is 42.9 Å². The Morgan fingerprint density at radius 1 is 1.50 bits per heavy atom. The first-order valence-electron chi connectivity index (χ1n) is 6.35. The van der Waals surface area contributed by atoms with Gasteiger partial charge in [0.25, 0.3) is 0 Å². The predicted octanol–water partition coefficient (Wildman–Crippen LogP) is 3.57. The van der Waals surface area contributed by atoms with Gasteiger partial charge in [0.05, 0.1) is 21.5 Å². The van der Waals surface area contributed by atoms with Crippen LogP contribution in [-0.4, -0.2) is 16.1 Å². The molecule has 2 aromatic rings. The van der Waals surface area contributed by atoms with Crippen LogP contribution in [0.1, 0.15) is 45.4 Å². The van der Waals surface area contributed by atoms with Crippen molar-refractivity contribution in [3.8, 4) is 16.5 Å². The molecule has 20 heavy (non-hydrogen) atoms. The highest BCUT2D eigenvalue weighted by Gasteiger charge is 2.27. The smallest absolute Gasteiger partial charge is 0.356 e. The number of benzene rings is 1. The molecule has 0 amide bonds. The molecule has 1 aromatic carbocycles. The number of carbonyl (C=O) groups is 1. The highest BCUT2D eigenvalue weighted by molar-refractivity contribution is 7.15. The number of aryl methyl sites for hydroxylation is 1. The number of thiazole rings is 1. The van der Waals surface area contributed by atoms with Crippen LogP contribution >= 0.6 is 11.3 Å². The molecule has 1 aliphatic carbocycles. The van der Waals surface area contributed by atoms with Gasteiger partial charge in [0.15, 0.2) is 5.69 Å². The summed E-state index contributed by atoms with van der Waals surface area (Å²) in [5.41, 5.74) is 2.55. The molecule has 4 nitrogen and oxygen atoms in total. The lowest BCUT2D eigenvalue weighted by molar-refractivity contribution is 0.0692. The molecule has 1 aliphatic rings. The van der Waals surface area contributed by atoms with Crippen molar-refractivity contribution in [1.29, 1.82) is 5.26 Å². The van der Waals surface area contributed by atoms with E-state index in [9.17, 15) is 15.2 Å². The molecule has 5 heteroatoms. The molecule has 1 aromatic heterocycles. The van der Waals surface area contributed by atoms with E-state index in [1.807, 2.05) is 12.1 Å². The quantitative estimate of drug-likeness (QED) is 0.935. The Labute approximate surface area is 120 Å². The van der Waals surface area contributed by atoms with Gasteiger partial charge in [-0.1, -0.05) is 12.1 Å². The number of aromatic nitrogens is 1. The van der Waals surface area contributed by atoms with Gasteiger partial charge in [0.1, 0.15) is 0 Å². The SMILES string of the molecule is Cc1nc(C(=O)O)c(-c2ccc(C3CC3)c(C#N)c2)s1. The zero-order valence-corrected chi connectivity index (χ0v) is 11.7. The summed E-state index contributed by atoms with van der Waals surface area (Å²) >= 11 is 1.34. The third kappa shape index (κ3) is 2.19. The molecule has 1 heterocycles. The fourth-order valence-electron chi connectivity index (χ4n) is 2.31. The van der Waals surface area contributed by atoms with Crippen molar-refractivity contribution in [2.24, 2.45) is 0 Å². The van der Waals surface area contributed by atoms with E-state index in [4.69, 9.17) is 0 Å². The first-order valence-corrected chi connectivity index (χ1v) is 7.17. The lowest BCUT2D eigenvalue weighted by Gasteiger charge is -2.05. The summed E-state index contributed by atoms with van der Waals surface area (Å²) in [4.78, 5) is 15.9. The topological polar surface area (TPSA) is 74.0 Å². The highest BCUT2D eigenvalue weighted by Crippen LogP contribution is 2.43. The van der Waals surface area contributed by atoms with Crippen LogP contribution in [0.3, 0.4) is 0 Å². The van der Waals surface area contributed by atoms with Gasteiger partial charge >= 0.3 is 5.97 Å². The van der Waals surface area contributed by atoms with Crippen LogP contribution < -0.4 is 0 Å². The summed E-state index contributed by atoms with van der Waals surface area (Å²) in [7, 11) is 0. The predicted molar refractivity (Wildman–Crippen MR) is 75.9 cm³/mol. The first kappa shape index (κ1) is 12.8. The summed E-state index contributed by atoms with van der Waals surface area (Å²) in [6.07, 6.45) is 2.27. The van der Waals surface area contributed by atoms with E-state index in [-0.39, 0.29) is 5.69 Å². The molecule has 0 aliphatic heterocycles. The van der Waals surface area contributed by atoms with Gasteiger partial charge in [-0.3, -0.25) is 0 Å². The average Bonchev–Trinajstić information content (AvgIpc) is 3.20. The van der Waals surface area contributed by atoms with Gasteiger partial charge in [-0.15, -0.1) is 11.3 Å². The van der Waals surface area contributed by atoms with Crippen LogP contribution in [0.2, 0.25) is 0 Å². The van der Waals surface area contributed by atoms with Crippen molar-refractivity contribution in [3.05, 3.63) is 40.0 Å². The molecular formula is C15H12N2O2S. The Morgan fingerprint density at radius 2 is 2.25 bits per heavy atom. The molecule has 1 N–H and O–H groups in total. The Hall–Kier alpha value is -2.19. The van der Waals surface area contributed by atoms with Crippen LogP contribution in [-0.2, 0) is 0 Å². The third-order valence-electron chi connectivity index (χ3n) is 3.39. The van der Waals surface area contributed by atoms with Crippen molar-refractivity contribution in [3.63, 3.8) is 0 Å². The molecule has 0 unspecified atom stereocenters. The molecule has 0 atom stereocenters. The maximum atomic E-state index is 11.2. The average molecular weight is 284 g/mol. The fourth-order valence-corrected chi connectivity index (χ4v) is 3.22. The van der Waals surface area contributed by atoms with Crippen LogP contribution in [0.5, 0.6) is 0 Å². The zero-order chi connectivity index (χ0) is 14.3. The number of hydrogen-bond donors (Lipinski definition) is 1. The normalized spacial score (nSPS) is 14.0. The van der Waals surface area contributed by atoms with E-state index >= 15 is 0 Å². The zero-order valence-electron chi connectivity index (χ0n) is 10.9. The molecule has 0 radical (unpaired) electrons. The molecule has 0 bridgehead atoms. The van der Waals surface area contributed by atoms with Crippen LogP contribution in [0.15, 0.2) is 18.2 Å². The maximum Gasteiger partial charge on any atom is 0.356 e. The molecule has 100 valence electrons. The van der Waals surface area contributed by atoms with Crippen LogP contribution in [0.4, 0.5) is 0 Å². The second-order valence-electron chi connectivity index (χ2n) is 4.90. The first-order chi connectivity index (χ1) is 9.60. The molecule has 1 saturated carbocycles. The summed E-state index contributed by atoms with van der Waals surface area (Å²) in [6.45, 7) is 1.78. The van der Waals surface area contributed by atoms with E-state index in [0.29, 0.717) is 21.4 Å². The lowest BCUT2D eigenvalue weighted by Crippen LogP contribution is -1.99. The number of carboxylic acids is 1. The number of hydrogen-bond acceptors (Lipinski definition) is 4. The van der Waals surface area contributed by atoms with Crippen molar-refractivity contribution >= 4 is 17.3 Å². The third-order valence-corrected chi connectivity index (χ3v) is 4.41. The van der Waals surface area contributed by atoms with Crippen molar-refractivity contribution < 1.29 is 9.90 Å². The van der Waals surface area contributed by atoms with E-state index in [1.165, 1.54) is 11.3 Å². The number of nitrogens with zero attached hydrogens (tertiary/aromatic N) is 2. The van der Waals surface area contributed by atoms with E-state index in [1.54, 1.807) is 13.0 Å². The van der Waals surface area contributed by atoms with Crippen molar-refractivity contribution in [1.82, 2.24) is 4.98 Å². The molecule has 1 fully saturated rings. The Balaban J connectivity index is 2.11. The standard InChI is InChI=1S/C15H12N2O2S/c1-8-17-13(15(18)19)14(20-8)10-4-5-12(9-2-3-9)11(6-10)7-16/h4-6,9H,2-3H2,1H3,(H,18,19). The minimum absolute atomic E-state index is 0.0653. The van der Waals surface area contributed by atoms with Gasteiger partial charge < -0.3 is 5.11 Å². The summed E-state index contributed by atoms with van der Waals surface area (Å²) in [5, 5.41) is 19.2. The monoisotopic (exact) mass is 284 g/mol. The molecule has 0 spiro atoms. The fraction of sp³-hybridized carbons (Fsp3) is 0.267. The van der Waals surface area contributed by atoms with Gasteiger partial charge in [-0.25, -0.2) is 9.78 Å². The van der Waals surface area contributed by atoms with E-state index in [2.05, 4.69) is 11.1 Å². The molecule has 0 saturated heterocycles.